The molecule has 3 aromatic rings. The van der Waals surface area contributed by atoms with Crippen LogP contribution in [0.2, 0.25) is 0 Å². The minimum Gasteiger partial charge on any atom is -0.373 e. The molecule has 0 aliphatic heterocycles. The number of hydrogen-bond donors (Lipinski definition) is 1. The maximum Gasteiger partial charge on any atom is 0.416 e. The molecule has 1 aliphatic carbocycles. The number of benzene rings is 2. The Hall–Kier alpha value is -3.59. The molecule has 0 amide bonds. The third-order valence-corrected chi connectivity index (χ3v) is 7.68. The van der Waals surface area contributed by atoms with Crippen LogP contribution < -0.4 is 5.69 Å². The number of ether oxygens (including phenoxy) is 1. The van der Waals surface area contributed by atoms with Crippen molar-refractivity contribution < 1.29 is 31.1 Å². The van der Waals surface area contributed by atoms with Crippen molar-refractivity contribution in [3.8, 4) is 6.07 Å². The van der Waals surface area contributed by atoms with Crippen LogP contribution in [0.15, 0.2) is 59.7 Å². The number of aromatic nitrogens is 3. The average Bonchev–Trinajstić information content (AvgIpc) is 3.34. The molecule has 208 valence electrons. The van der Waals surface area contributed by atoms with E-state index in [9.17, 15) is 36.4 Å². The standard InChI is InChI=1S/C27H26F6N4O2/c1-18(19-13-21(26(28,29)30)15-22(14-19)27(31,32)33)39-16-24(20-5-3-2-4-6-20)7-9-25(10-8-24,11-12-34)37-17-35-36-23(37)38/h2-6,13-15,17-18H,7-11,16H2,1H3,(H,36,38)/t18-,24-,25+/m1/s1. The molecule has 1 fully saturated rings. The van der Waals surface area contributed by atoms with Gasteiger partial charge in [0.15, 0.2) is 0 Å². The highest BCUT2D eigenvalue weighted by Crippen LogP contribution is 2.48. The number of nitrogens with zero attached hydrogens (tertiary/aromatic N) is 3. The summed E-state index contributed by atoms with van der Waals surface area (Å²) in [6.45, 7) is 1.43. The van der Waals surface area contributed by atoms with Crippen molar-refractivity contribution in [2.45, 2.75) is 68.4 Å². The quantitative estimate of drug-likeness (QED) is 0.339. The molecule has 39 heavy (non-hydrogen) atoms. The number of aromatic amines is 1. The summed E-state index contributed by atoms with van der Waals surface area (Å²) in [7, 11) is 0. The SMILES string of the molecule is C[C@@H](OC[C@]1(c2ccccc2)CC[C@@](CC#N)(n2cn[nH]c2=O)CC1)c1cc(C(F)(F)F)cc(C(F)(F)F)c1. The molecule has 4 rings (SSSR count). The Balaban J connectivity index is 1.63. The van der Waals surface area contributed by atoms with E-state index >= 15 is 0 Å². The van der Waals surface area contributed by atoms with Gasteiger partial charge in [-0.05, 0) is 61.9 Å². The van der Waals surface area contributed by atoms with Gasteiger partial charge in [-0.1, -0.05) is 30.3 Å². The van der Waals surface area contributed by atoms with E-state index in [1.807, 2.05) is 30.3 Å². The van der Waals surface area contributed by atoms with Crippen LogP contribution in [-0.2, 0) is 28.0 Å². The monoisotopic (exact) mass is 552 g/mol. The molecule has 0 unspecified atom stereocenters. The van der Waals surface area contributed by atoms with Crippen molar-refractivity contribution in [3.63, 3.8) is 0 Å². The van der Waals surface area contributed by atoms with E-state index in [1.54, 1.807) is 0 Å². The van der Waals surface area contributed by atoms with Crippen LogP contribution in [-0.4, -0.2) is 21.4 Å². The van der Waals surface area contributed by atoms with Crippen LogP contribution in [0.5, 0.6) is 0 Å². The summed E-state index contributed by atoms with van der Waals surface area (Å²) in [5.41, 5.74) is -4.02. The summed E-state index contributed by atoms with van der Waals surface area (Å²) in [6.07, 6.45) is -7.82. The summed E-state index contributed by atoms with van der Waals surface area (Å²) >= 11 is 0. The Bertz CT molecular complexity index is 1350. The van der Waals surface area contributed by atoms with E-state index < -0.39 is 46.2 Å². The molecule has 1 aliphatic rings. The predicted octanol–water partition coefficient (Wildman–Crippen LogP) is 6.51. The fourth-order valence-electron chi connectivity index (χ4n) is 5.33. The topological polar surface area (TPSA) is 83.7 Å². The smallest absolute Gasteiger partial charge is 0.373 e. The molecule has 0 radical (unpaired) electrons. The van der Waals surface area contributed by atoms with Gasteiger partial charge in [0.1, 0.15) is 6.33 Å². The number of rotatable bonds is 7. The first-order valence-corrected chi connectivity index (χ1v) is 12.3. The lowest BCUT2D eigenvalue weighted by Gasteiger charge is -2.46. The van der Waals surface area contributed by atoms with Crippen LogP contribution in [0.3, 0.4) is 0 Å². The van der Waals surface area contributed by atoms with Gasteiger partial charge in [0, 0.05) is 5.41 Å². The Morgan fingerprint density at radius 2 is 1.62 bits per heavy atom. The van der Waals surface area contributed by atoms with E-state index in [0.717, 1.165) is 5.56 Å². The van der Waals surface area contributed by atoms with Crippen molar-refractivity contribution in [1.82, 2.24) is 14.8 Å². The van der Waals surface area contributed by atoms with Crippen molar-refractivity contribution in [1.29, 1.82) is 5.26 Å². The van der Waals surface area contributed by atoms with Crippen LogP contribution in [0.25, 0.3) is 0 Å². The first-order chi connectivity index (χ1) is 18.3. The molecule has 12 heteroatoms. The van der Waals surface area contributed by atoms with Gasteiger partial charge >= 0.3 is 18.0 Å². The molecule has 0 saturated heterocycles. The number of halogens is 6. The number of hydrogen-bond acceptors (Lipinski definition) is 4. The fourth-order valence-corrected chi connectivity index (χ4v) is 5.33. The maximum absolute atomic E-state index is 13.4. The van der Waals surface area contributed by atoms with Crippen LogP contribution in [0.1, 0.15) is 67.4 Å². The summed E-state index contributed by atoms with van der Waals surface area (Å²) in [5, 5.41) is 15.6. The van der Waals surface area contributed by atoms with Gasteiger partial charge in [-0.15, -0.1) is 0 Å². The Kier molecular flexibility index (Phi) is 7.67. The Labute approximate surface area is 220 Å². The lowest BCUT2D eigenvalue weighted by Crippen LogP contribution is -2.48. The predicted molar refractivity (Wildman–Crippen MR) is 128 cm³/mol. The Morgan fingerprint density at radius 3 is 2.10 bits per heavy atom. The highest BCUT2D eigenvalue weighted by molar-refractivity contribution is 5.35. The van der Waals surface area contributed by atoms with Crippen LogP contribution >= 0.6 is 0 Å². The lowest BCUT2D eigenvalue weighted by atomic mass is 9.63. The van der Waals surface area contributed by atoms with Gasteiger partial charge in [-0.3, -0.25) is 4.57 Å². The van der Waals surface area contributed by atoms with Crippen molar-refractivity contribution in [2.75, 3.05) is 6.61 Å². The van der Waals surface area contributed by atoms with Crippen molar-refractivity contribution in [3.05, 3.63) is 87.6 Å². The van der Waals surface area contributed by atoms with Gasteiger partial charge in [0.05, 0.1) is 41.9 Å². The zero-order valence-corrected chi connectivity index (χ0v) is 20.9. The number of nitrogens with one attached hydrogen (secondary N) is 1. The van der Waals surface area contributed by atoms with E-state index in [-0.39, 0.29) is 24.7 Å². The number of H-pyrrole nitrogens is 1. The molecule has 1 saturated carbocycles. The normalized spacial score (nSPS) is 22.8. The minimum absolute atomic E-state index is 0.0126. The first kappa shape index (κ1) is 28.4. The zero-order chi connectivity index (χ0) is 28.5. The van der Waals surface area contributed by atoms with E-state index in [0.29, 0.717) is 37.8 Å². The van der Waals surface area contributed by atoms with Crippen LogP contribution in [0.4, 0.5) is 26.3 Å². The summed E-state index contributed by atoms with van der Waals surface area (Å²) in [6, 6.07) is 12.9. The molecule has 1 aromatic heterocycles. The fraction of sp³-hybridized carbons (Fsp3) is 0.444. The van der Waals surface area contributed by atoms with Gasteiger partial charge in [0.2, 0.25) is 0 Å². The summed E-state index contributed by atoms with van der Waals surface area (Å²) in [4.78, 5) is 12.3. The molecule has 0 bridgehead atoms. The van der Waals surface area contributed by atoms with Crippen molar-refractivity contribution in [2.24, 2.45) is 0 Å². The minimum atomic E-state index is -4.96. The third kappa shape index (κ3) is 5.88. The van der Waals surface area contributed by atoms with Crippen molar-refractivity contribution >= 4 is 0 Å². The molecule has 1 heterocycles. The molecular formula is C27H26F6N4O2. The lowest BCUT2D eigenvalue weighted by molar-refractivity contribution is -0.143. The van der Waals surface area contributed by atoms with E-state index in [4.69, 9.17) is 4.74 Å². The molecule has 6 nitrogen and oxygen atoms in total. The zero-order valence-electron chi connectivity index (χ0n) is 20.9. The second kappa shape index (κ2) is 10.5. The van der Waals surface area contributed by atoms with Gasteiger partial charge < -0.3 is 4.74 Å². The molecule has 0 spiro atoms. The second-order valence-electron chi connectivity index (χ2n) is 10.0. The van der Waals surface area contributed by atoms with E-state index in [2.05, 4.69) is 16.3 Å². The Morgan fingerprint density at radius 1 is 1.03 bits per heavy atom. The first-order valence-electron chi connectivity index (χ1n) is 12.3. The maximum atomic E-state index is 13.4. The van der Waals surface area contributed by atoms with Gasteiger partial charge in [-0.25, -0.2) is 9.89 Å². The average molecular weight is 553 g/mol. The molecular weight excluding hydrogens is 526 g/mol. The second-order valence-corrected chi connectivity index (χ2v) is 10.0. The number of nitriles is 1. The molecule has 1 atom stereocenters. The van der Waals surface area contributed by atoms with E-state index in [1.165, 1.54) is 17.8 Å². The highest BCUT2D eigenvalue weighted by atomic mass is 19.4. The largest absolute Gasteiger partial charge is 0.416 e. The molecule has 2 aromatic carbocycles. The highest BCUT2D eigenvalue weighted by Gasteiger charge is 2.46. The summed E-state index contributed by atoms with van der Waals surface area (Å²) in [5.74, 6) is 0. The summed E-state index contributed by atoms with van der Waals surface area (Å²) < 4.78 is 87.7. The third-order valence-electron chi connectivity index (χ3n) is 7.68. The number of alkyl halides is 6. The molecule has 1 N–H and O–H groups in total. The van der Waals surface area contributed by atoms with Gasteiger partial charge in [-0.2, -0.15) is 36.7 Å². The van der Waals surface area contributed by atoms with Crippen LogP contribution in [0, 0.1) is 11.3 Å². The van der Waals surface area contributed by atoms with Gasteiger partial charge in [0.25, 0.3) is 0 Å².